The molecule has 0 spiro atoms. The fraction of sp³-hybridized carbons (Fsp3) is 0.167. The number of rotatable bonds is 4. The highest BCUT2D eigenvalue weighted by Gasteiger charge is 2.30. The molecule has 0 saturated heterocycles. The lowest BCUT2D eigenvalue weighted by Gasteiger charge is -2.10. The van der Waals surface area contributed by atoms with Crippen molar-refractivity contribution >= 4 is 5.97 Å². The lowest BCUT2D eigenvalue weighted by molar-refractivity contribution is -0.137. The SMILES string of the molecule is CCOC(=O)c1cc(-c2cccnc2)n(-c2ccc(C(F)(F)F)cc2)n1. The van der Waals surface area contributed by atoms with Gasteiger partial charge in [-0.1, -0.05) is 0 Å². The van der Waals surface area contributed by atoms with Crippen LogP contribution in [0.3, 0.4) is 0 Å². The fourth-order valence-electron chi connectivity index (χ4n) is 2.39. The molecule has 0 saturated carbocycles. The predicted octanol–water partition coefficient (Wildman–Crippen LogP) is 4.13. The minimum absolute atomic E-state index is 0.0607. The smallest absolute Gasteiger partial charge is 0.416 e. The third-order valence-electron chi connectivity index (χ3n) is 3.59. The van der Waals surface area contributed by atoms with E-state index in [0.29, 0.717) is 16.9 Å². The molecule has 0 fully saturated rings. The molecule has 1 aromatic carbocycles. The Labute approximate surface area is 147 Å². The van der Waals surface area contributed by atoms with Crippen LogP contribution in [0.25, 0.3) is 16.9 Å². The summed E-state index contributed by atoms with van der Waals surface area (Å²) in [7, 11) is 0. The van der Waals surface area contributed by atoms with Crippen LogP contribution >= 0.6 is 0 Å². The van der Waals surface area contributed by atoms with Gasteiger partial charge < -0.3 is 4.74 Å². The minimum Gasteiger partial charge on any atom is -0.461 e. The third kappa shape index (κ3) is 3.58. The van der Waals surface area contributed by atoms with Gasteiger partial charge in [-0.3, -0.25) is 4.98 Å². The quantitative estimate of drug-likeness (QED) is 0.656. The van der Waals surface area contributed by atoms with Crippen LogP contribution < -0.4 is 0 Å². The molecule has 5 nitrogen and oxygen atoms in total. The summed E-state index contributed by atoms with van der Waals surface area (Å²) in [5.41, 5.74) is 0.858. The summed E-state index contributed by atoms with van der Waals surface area (Å²) in [6.45, 7) is 1.86. The van der Waals surface area contributed by atoms with Gasteiger partial charge in [0.15, 0.2) is 5.69 Å². The first-order valence-electron chi connectivity index (χ1n) is 7.75. The van der Waals surface area contributed by atoms with Crippen molar-refractivity contribution in [1.82, 2.24) is 14.8 Å². The molecule has 0 atom stereocenters. The first kappa shape index (κ1) is 17.7. The average Bonchev–Trinajstić information content (AvgIpc) is 3.07. The summed E-state index contributed by atoms with van der Waals surface area (Å²) in [4.78, 5) is 16.0. The summed E-state index contributed by atoms with van der Waals surface area (Å²) in [6.07, 6.45) is -1.26. The lowest BCUT2D eigenvalue weighted by atomic mass is 10.1. The summed E-state index contributed by atoms with van der Waals surface area (Å²) in [6, 6.07) is 9.52. The molecule has 0 aliphatic rings. The van der Waals surface area contributed by atoms with Crippen LogP contribution in [0, 0.1) is 0 Å². The fourth-order valence-corrected chi connectivity index (χ4v) is 2.39. The number of halogens is 3. The Morgan fingerprint density at radius 3 is 2.50 bits per heavy atom. The summed E-state index contributed by atoms with van der Waals surface area (Å²) in [5.74, 6) is -0.608. The van der Waals surface area contributed by atoms with Crippen LogP contribution in [0.15, 0.2) is 54.9 Å². The minimum atomic E-state index is -4.43. The number of benzene rings is 1. The van der Waals surface area contributed by atoms with E-state index >= 15 is 0 Å². The van der Waals surface area contributed by atoms with E-state index in [-0.39, 0.29) is 12.3 Å². The predicted molar refractivity (Wildman–Crippen MR) is 87.8 cm³/mol. The molecule has 0 unspecified atom stereocenters. The number of pyridine rings is 1. The van der Waals surface area contributed by atoms with Crippen molar-refractivity contribution in [2.75, 3.05) is 6.61 Å². The monoisotopic (exact) mass is 361 g/mol. The molecule has 0 aliphatic heterocycles. The number of ether oxygens (including phenoxy) is 1. The van der Waals surface area contributed by atoms with Gasteiger partial charge >= 0.3 is 12.1 Å². The molecule has 0 aliphatic carbocycles. The second kappa shape index (κ2) is 6.99. The Bertz CT molecular complexity index is 904. The highest BCUT2D eigenvalue weighted by molar-refractivity contribution is 5.89. The second-order valence-electron chi connectivity index (χ2n) is 5.33. The van der Waals surface area contributed by atoms with E-state index in [0.717, 1.165) is 12.1 Å². The molecule has 0 bridgehead atoms. The van der Waals surface area contributed by atoms with Crippen LogP contribution in [-0.4, -0.2) is 27.3 Å². The van der Waals surface area contributed by atoms with Crippen molar-refractivity contribution in [2.24, 2.45) is 0 Å². The summed E-state index contributed by atoms with van der Waals surface area (Å²) >= 11 is 0. The molecular formula is C18H14F3N3O2. The van der Waals surface area contributed by atoms with Gasteiger partial charge in [0.1, 0.15) is 0 Å². The number of nitrogens with zero attached hydrogens (tertiary/aromatic N) is 3. The molecular weight excluding hydrogens is 347 g/mol. The number of aromatic nitrogens is 3. The van der Waals surface area contributed by atoms with Gasteiger partial charge in [0.05, 0.1) is 23.6 Å². The van der Waals surface area contributed by atoms with Gasteiger partial charge in [0.25, 0.3) is 0 Å². The van der Waals surface area contributed by atoms with E-state index in [4.69, 9.17) is 4.74 Å². The summed E-state index contributed by atoms with van der Waals surface area (Å²) in [5, 5.41) is 4.20. The van der Waals surface area contributed by atoms with E-state index in [1.54, 1.807) is 31.5 Å². The number of hydrogen-bond donors (Lipinski definition) is 0. The van der Waals surface area contributed by atoms with Crippen molar-refractivity contribution in [3.63, 3.8) is 0 Å². The van der Waals surface area contributed by atoms with Crippen LogP contribution in [0.4, 0.5) is 13.2 Å². The van der Waals surface area contributed by atoms with E-state index in [9.17, 15) is 18.0 Å². The Balaban J connectivity index is 2.09. The van der Waals surface area contributed by atoms with Crippen molar-refractivity contribution < 1.29 is 22.7 Å². The molecule has 3 aromatic rings. The average molecular weight is 361 g/mol. The van der Waals surface area contributed by atoms with E-state index in [1.807, 2.05) is 0 Å². The molecule has 8 heteroatoms. The van der Waals surface area contributed by atoms with Gasteiger partial charge in [0, 0.05) is 18.0 Å². The summed E-state index contributed by atoms with van der Waals surface area (Å²) < 4.78 is 44.7. The lowest BCUT2D eigenvalue weighted by Crippen LogP contribution is -2.08. The van der Waals surface area contributed by atoms with Gasteiger partial charge in [0.2, 0.25) is 0 Å². The van der Waals surface area contributed by atoms with Crippen LogP contribution in [0.5, 0.6) is 0 Å². The van der Waals surface area contributed by atoms with E-state index < -0.39 is 17.7 Å². The maximum atomic E-state index is 12.8. The topological polar surface area (TPSA) is 57.0 Å². The highest BCUT2D eigenvalue weighted by atomic mass is 19.4. The Morgan fingerprint density at radius 2 is 1.92 bits per heavy atom. The maximum absolute atomic E-state index is 12.8. The Kier molecular flexibility index (Phi) is 4.75. The van der Waals surface area contributed by atoms with Crippen LogP contribution in [-0.2, 0) is 10.9 Å². The molecule has 2 aromatic heterocycles. The zero-order chi connectivity index (χ0) is 18.7. The van der Waals surface area contributed by atoms with E-state index in [2.05, 4.69) is 10.1 Å². The standard InChI is InChI=1S/C18H14F3N3O2/c1-2-26-17(25)15-10-16(12-4-3-9-22-11-12)24(23-15)14-7-5-13(6-8-14)18(19,20)21/h3-11H,2H2,1H3. The maximum Gasteiger partial charge on any atom is 0.416 e. The molecule has 0 N–H and O–H groups in total. The third-order valence-corrected chi connectivity index (χ3v) is 3.59. The molecule has 0 amide bonds. The first-order valence-corrected chi connectivity index (χ1v) is 7.75. The number of carbonyl (C=O) groups excluding carboxylic acids is 1. The van der Waals surface area contributed by atoms with E-state index in [1.165, 1.54) is 22.9 Å². The van der Waals surface area contributed by atoms with Crippen LogP contribution in [0.2, 0.25) is 0 Å². The first-order chi connectivity index (χ1) is 12.4. The number of esters is 1. The van der Waals surface area contributed by atoms with Crippen LogP contribution in [0.1, 0.15) is 23.0 Å². The van der Waals surface area contributed by atoms with Gasteiger partial charge in [-0.15, -0.1) is 0 Å². The molecule has 2 heterocycles. The molecule has 3 rings (SSSR count). The zero-order valence-corrected chi connectivity index (χ0v) is 13.7. The molecule has 0 radical (unpaired) electrons. The van der Waals surface area contributed by atoms with Gasteiger partial charge in [-0.2, -0.15) is 18.3 Å². The normalized spacial score (nSPS) is 11.4. The molecule has 134 valence electrons. The number of hydrogen-bond acceptors (Lipinski definition) is 4. The number of carbonyl (C=O) groups is 1. The zero-order valence-electron chi connectivity index (χ0n) is 13.7. The molecule has 26 heavy (non-hydrogen) atoms. The Hall–Kier alpha value is -3.16. The van der Waals surface area contributed by atoms with Gasteiger partial charge in [-0.25, -0.2) is 9.48 Å². The highest BCUT2D eigenvalue weighted by Crippen LogP contribution is 2.30. The van der Waals surface area contributed by atoms with Crippen molar-refractivity contribution in [3.05, 3.63) is 66.1 Å². The number of alkyl halides is 3. The van der Waals surface area contributed by atoms with Crippen molar-refractivity contribution in [2.45, 2.75) is 13.1 Å². The van der Waals surface area contributed by atoms with Gasteiger partial charge in [-0.05, 0) is 49.4 Å². The Morgan fingerprint density at radius 1 is 1.19 bits per heavy atom. The second-order valence-corrected chi connectivity index (χ2v) is 5.33. The van der Waals surface area contributed by atoms with Crippen molar-refractivity contribution in [3.8, 4) is 16.9 Å². The van der Waals surface area contributed by atoms with Crippen molar-refractivity contribution in [1.29, 1.82) is 0 Å². The largest absolute Gasteiger partial charge is 0.461 e.